The van der Waals surface area contributed by atoms with Crippen LogP contribution in [0.15, 0.2) is 27.6 Å². The van der Waals surface area contributed by atoms with Gasteiger partial charge in [-0.25, -0.2) is 13.2 Å². The number of anilines is 1. The lowest BCUT2D eigenvalue weighted by Gasteiger charge is -2.12. The quantitative estimate of drug-likeness (QED) is 0.866. The van der Waals surface area contributed by atoms with Crippen molar-refractivity contribution in [2.24, 2.45) is 0 Å². The lowest BCUT2D eigenvalue weighted by Crippen LogP contribution is -2.16. The molecule has 1 N–H and O–H groups in total. The number of aromatic nitrogens is 1. The summed E-state index contributed by atoms with van der Waals surface area (Å²) in [4.78, 5) is 11.7. The Bertz CT molecular complexity index is 804. The fourth-order valence-corrected chi connectivity index (χ4v) is 3.59. The Balaban J connectivity index is 2.45. The van der Waals surface area contributed by atoms with E-state index >= 15 is 0 Å². The number of rotatable bonds is 4. The summed E-state index contributed by atoms with van der Waals surface area (Å²) in [5, 5.41) is 3.64. The third-order valence-corrected chi connectivity index (χ3v) is 4.83. The zero-order valence-electron chi connectivity index (χ0n) is 12.6. The van der Waals surface area contributed by atoms with Crippen molar-refractivity contribution >= 4 is 21.7 Å². The van der Waals surface area contributed by atoms with Gasteiger partial charge in [0.05, 0.1) is 18.4 Å². The van der Waals surface area contributed by atoms with E-state index in [2.05, 4.69) is 14.6 Å². The maximum absolute atomic E-state index is 12.5. The van der Waals surface area contributed by atoms with E-state index in [1.54, 1.807) is 32.0 Å². The average molecular weight is 324 g/mol. The molecule has 1 aromatic heterocycles. The van der Waals surface area contributed by atoms with Crippen LogP contribution in [0, 0.1) is 20.8 Å². The SMILES string of the molecule is COC(=O)c1cccc(NS(=O)(=O)c2c(C)noc2C)c1C. The fraction of sp³-hybridized carbons (Fsp3) is 0.286. The number of sulfonamides is 1. The Morgan fingerprint density at radius 2 is 1.95 bits per heavy atom. The molecule has 0 aliphatic rings. The maximum Gasteiger partial charge on any atom is 0.338 e. The molecule has 0 radical (unpaired) electrons. The number of methoxy groups -OCH3 is 1. The summed E-state index contributed by atoms with van der Waals surface area (Å²) in [7, 11) is -2.60. The van der Waals surface area contributed by atoms with Crippen LogP contribution in [0.3, 0.4) is 0 Å². The predicted molar refractivity (Wildman–Crippen MR) is 79.3 cm³/mol. The molecule has 1 aromatic carbocycles. The maximum atomic E-state index is 12.5. The molecule has 2 aromatic rings. The summed E-state index contributed by atoms with van der Waals surface area (Å²) in [6.45, 7) is 4.70. The van der Waals surface area contributed by atoms with Crippen molar-refractivity contribution < 1.29 is 22.5 Å². The monoisotopic (exact) mass is 324 g/mol. The molecule has 0 saturated carbocycles. The highest BCUT2D eigenvalue weighted by Crippen LogP contribution is 2.25. The zero-order chi connectivity index (χ0) is 16.5. The molecule has 0 aliphatic heterocycles. The molecule has 0 saturated heterocycles. The topological polar surface area (TPSA) is 98.5 Å². The van der Waals surface area contributed by atoms with Gasteiger partial charge in [-0.3, -0.25) is 4.72 Å². The predicted octanol–water partition coefficient (Wildman–Crippen LogP) is 2.19. The molecule has 0 amide bonds. The van der Waals surface area contributed by atoms with Crippen LogP contribution in [0.25, 0.3) is 0 Å². The van der Waals surface area contributed by atoms with Gasteiger partial charge in [0.2, 0.25) is 0 Å². The summed E-state index contributed by atoms with van der Waals surface area (Å²) in [6, 6.07) is 4.71. The molecule has 8 heteroatoms. The van der Waals surface area contributed by atoms with Crippen LogP contribution in [0.5, 0.6) is 0 Å². The van der Waals surface area contributed by atoms with Crippen LogP contribution in [0.4, 0.5) is 5.69 Å². The number of nitrogens with one attached hydrogen (secondary N) is 1. The van der Waals surface area contributed by atoms with E-state index in [4.69, 9.17) is 4.52 Å². The molecule has 0 fully saturated rings. The Kier molecular flexibility index (Phi) is 4.23. The van der Waals surface area contributed by atoms with Gasteiger partial charge >= 0.3 is 5.97 Å². The normalized spacial score (nSPS) is 11.3. The smallest absolute Gasteiger partial charge is 0.338 e. The van der Waals surface area contributed by atoms with Gasteiger partial charge in [0.1, 0.15) is 5.69 Å². The van der Waals surface area contributed by atoms with Gasteiger partial charge < -0.3 is 9.26 Å². The first-order valence-corrected chi connectivity index (χ1v) is 7.90. The highest BCUT2D eigenvalue weighted by Gasteiger charge is 2.25. The van der Waals surface area contributed by atoms with E-state index in [0.717, 1.165) is 0 Å². The summed E-state index contributed by atoms with van der Waals surface area (Å²) >= 11 is 0. The number of hydrogen-bond acceptors (Lipinski definition) is 6. The van der Waals surface area contributed by atoms with Crippen LogP contribution in [0.2, 0.25) is 0 Å². The number of aryl methyl sites for hydroxylation is 2. The van der Waals surface area contributed by atoms with Crippen molar-refractivity contribution in [2.45, 2.75) is 25.7 Å². The second kappa shape index (κ2) is 5.80. The van der Waals surface area contributed by atoms with Gasteiger partial charge in [-0.1, -0.05) is 11.2 Å². The molecule has 7 nitrogen and oxygen atoms in total. The van der Waals surface area contributed by atoms with Crippen molar-refractivity contribution in [1.29, 1.82) is 0 Å². The minimum absolute atomic E-state index is 0.00429. The third kappa shape index (κ3) is 2.82. The van der Waals surface area contributed by atoms with Crippen molar-refractivity contribution in [2.75, 3.05) is 11.8 Å². The summed E-state index contributed by atoms with van der Waals surface area (Å²) < 4.78 is 37.0. The zero-order valence-corrected chi connectivity index (χ0v) is 13.4. The largest absolute Gasteiger partial charge is 0.465 e. The number of ether oxygens (including phenoxy) is 1. The highest BCUT2D eigenvalue weighted by molar-refractivity contribution is 7.92. The molecule has 0 spiro atoms. The molecule has 22 heavy (non-hydrogen) atoms. The second-order valence-corrected chi connectivity index (χ2v) is 6.35. The molecule has 0 unspecified atom stereocenters. The van der Waals surface area contributed by atoms with E-state index in [1.807, 2.05) is 0 Å². The van der Waals surface area contributed by atoms with E-state index < -0.39 is 16.0 Å². The minimum Gasteiger partial charge on any atom is -0.465 e. The Labute approximate surface area is 128 Å². The number of esters is 1. The van der Waals surface area contributed by atoms with E-state index in [9.17, 15) is 13.2 Å². The van der Waals surface area contributed by atoms with Crippen LogP contribution in [0.1, 0.15) is 27.4 Å². The Morgan fingerprint density at radius 1 is 1.27 bits per heavy atom. The first-order chi connectivity index (χ1) is 10.3. The standard InChI is InChI=1S/C14H16N2O5S/c1-8-11(14(17)20-4)6-5-7-12(8)16-22(18,19)13-9(2)15-21-10(13)3/h5-7,16H,1-4H3. The summed E-state index contributed by atoms with van der Waals surface area (Å²) in [5.74, 6) is -0.331. The first-order valence-electron chi connectivity index (χ1n) is 6.41. The molecule has 118 valence electrons. The number of benzene rings is 1. The average Bonchev–Trinajstić information content (AvgIpc) is 2.80. The van der Waals surface area contributed by atoms with Crippen LogP contribution >= 0.6 is 0 Å². The summed E-state index contributed by atoms with van der Waals surface area (Å²) in [6.07, 6.45) is 0. The van der Waals surface area contributed by atoms with Crippen molar-refractivity contribution in [3.8, 4) is 0 Å². The summed E-state index contributed by atoms with van der Waals surface area (Å²) in [5.41, 5.74) is 1.33. The van der Waals surface area contributed by atoms with Gasteiger partial charge in [0.15, 0.2) is 10.7 Å². The molecule has 1 heterocycles. The van der Waals surface area contributed by atoms with Crippen LogP contribution in [-0.2, 0) is 14.8 Å². The van der Waals surface area contributed by atoms with Crippen molar-refractivity contribution in [3.63, 3.8) is 0 Å². The molecular weight excluding hydrogens is 308 g/mol. The lowest BCUT2D eigenvalue weighted by molar-refractivity contribution is 0.0600. The van der Waals surface area contributed by atoms with Crippen molar-refractivity contribution in [1.82, 2.24) is 5.16 Å². The molecule has 0 atom stereocenters. The molecule has 0 bridgehead atoms. The number of nitrogens with zero attached hydrogens (tertiary/aromatic N) is 1. The van der Waals surface area contributed by atoms with E-state index in [0.29, 0.717) is 16.8 Å². The fourth-order valence-electron chi connectivity index (χ4n) is 2.13. The van der Waals surface area contributed by atoms with Crippen LogP contribution in [-0.4, -0.2) is 26.7 Å². The highest BCUT2D eigenvalue weighted by atomic mass is 32.2. The van der Waals surface area contributed by atoms with E-state index in [-0.39, 0.29) is 16.3 Å². The third-order valence-electron chi connectivity index (χ3n) is 3.22. The Hall–Kier alpha value is -2.35. The molecule has 2 rings (SSSR count). The van der Waals surface area contributed by atoms with Crippen molar-refractivity contribution in [3.05, 3.63) is 40.8 Å². The van der Waals surface area contributed by atoms with Crippen LogP contribution < -0.4 is 4.72 Å². The number of carbonyl (C=O) groups excluding carboxylic acids is 1. The van der Waals surface area contributed by atoms with Gasteiger partial charge in [-0.05, 0) is 38.5 Å². The van der Waals surface area contributed by atoms with Gasteiger partial charge in [-0.15, -0.1) is 0 Å². The van der Waals surface area contributed by atoms with E-state index in [1.165, 1.54) is 14.0 Å². The second-order valence-electron chi connectivity index (χ2n) is 4.73. The number of hydrogen-bond donors (Lipinski definition) is 1. The first kappa shape index (κ1) is 16.0. The molecular formula is C14H16N2O5S. The minimum atomic E-state index is -3.86. The van der Waals surface area contributed by atoms with Gasteiger partial charge in [-0.2, -0.15) is 0 Å². The number of carbonyl (C=O) groups is 1. The Morgan fingerprint density at radius 3 is 2.50 bits per heavy atom. The molecule has 0 aliphatic carbocycles. The lowest BCUT2D eigenvalue weighted by atomic mass is 10.1. The van der Waals surface area contributed by atoms with Gasteiger partial charge in [0, 0.05) is 0 Å². The van der Waals surface area contributed by atoms with Gasteiger partial charge in [0.25, 0.3) is 10.0 Å².